The first-order chi connectivity index (χ1) is 16.7. The van der Waals surface area contributed by atoms with Crippen LogP contribution in [0.5, 0.6) is 11.5 Å². The van der Waals surface area contributed by atoms with Gasteiger partial charge in [0.1, 0.15) is 22.9 Å². The number of aryl methyl sites for hydroxylation is 1. The molecule has 1 heterocycles. The van der Waals surface area contributed by atoms with Crippen LogP contribution in [0.1, 0.15) is 15.9 Å². The number of nitrogens with one attached hydrogen (secondary N) is 3. The van der Waals surface area contributed by atoms with E-state index < -0.39 is 21.4 Å². The van der Waals surface area contributed by atoms with Crippen molar-refractivity contribution in [3.63, 3.8) is 0 Å². The lowest BCUT2D eigenvalue weighted by atomic mass is 10.1. The molecule has 0 spiro atoms. The predicted octanol–water partition coefficient (Wildman–Crippen LogP) is 3.91. The molecule has 0 atom stereocenters. The third kappa shape index (κ3) is 4.97. The lowest BCUT2D eigenvalue weighted by molar-refractivity contribution is 0.102. The summed E-state index contributed by atoms with van der Waals surface area (Å²) in [6.45, 7) is 1.83. The summed E-state index contributed by atoms with van der Waals surface area (Å²) in [6.07, 6.45) is 0. The number of aromatic nitrogens is 1. The maximum Gasteiger partial charge on any atom is 0.263 e. The number of methoxy groups -OCH3 is 2. The van der Waals surface area contributed by atoms with Crippen molar-refractivity contribution in [1.29, 1.82) is 0 Å². The molecule has 0 saturated heterocycles. The third-order valence-corrected chi connectivity index (χ3v) is 6.70. The zero-order valence-corrected chi connectivity index (χ0v) is 20.0. The molecule has 0 radical (unpaired) electrons. The molecule has 10 heteroatoms. The monoisotopic (exact) mass is 493 g/mol. The minimum Gasteiger partial charge on any atom is -0.497 e. The highest BCUT2D eigenvalue weighted by molar-refractivity contribution is 7.92. The number of anilines is 2. The number of H-pyrrole nitrogens is 1. The van der Waals surface area contributed by atoms with Crippen molar-refractivity contribution in [1.82, 2.24) is 4.98 Å². The van der Waals surface area contributed by atoms with E-state index in [2.05, 4.69) is 15.0 Å². The second-order valence-electron chi connectivity index (χ2n) is 7.72. The van der Waals surface area contributed by atoms with Gasteiger partial charge >= 0.3 is 0 Å². The first-order valence-corrected chi connectivity index (χ1v) is 12.0. The Labute approximate surface area is 201 Å². The van der Waals surface area contributed by atoms with Crippen LogP contribution in [0.15, 0.2) is 76.4 Å². The first kappa shape index (κ1) is 23.8. The van der Waals surface area contributed by atoms with Gasteiger partial charge in [-0.3, -0.25) is 14.3 Å². The Balaban J connectivity index is 1.84. The number of hydrogen-bond acceptors (Lipinski definition) is 6. The molecular formula is C25H23N3O6S. The largest absolute Gasteiger partial charge is 0.497 e. The zero-order valence-electron chi connectivity index (χ0n) is 19.2. The average molecular weight is 494 g/mol. The molecule has 0 saturated carbocycles. The van der Waals surface area contributed by atoms with Crippen LogP contribution in [-0.4, -0.2) is 33.5 Å². The molecule has 0 unspecified atom stereocenters. The number of ether oxygens (including phenoxy) is 2. The van der Waals surface area contributed by atoms with Gasteiger partial charge in [0.05, 0.1) is 24.6 Å². The predicted molar refractivity (Wildman–Crippen MR) is 134 cm³/mol. The Morgan fingerprint density at radius 2 is 1.60 bits per heavy atom. The maximum absolute atomic E-state index is 13.4. The first-order valence-electron chi connectivity index (χ1n) is 10.5. The fraction of sp³-hybridized carbons (Fsp3) is 0.120. The molecular weight excluding hydrogens is 470 g/mol. The van der Waals surface area contributed by atoms with E-state index in [1.54, 1.807) is 48.5 Å². The Bertz CT molecular complexity index is 1580. The number of pyridine rings is 1. The van der Waals surface area contributed by atoms with Gasteiger partial charge in [0.25, 0.3) is 15.9 Å². The van der Waals surface area contributed by atoms with Gasteiger partial charge in [-0.15, -0.1) is 0 Å². The minimum absolute atomic E-state index is 0.0196. The Kier molecular flexibility index (Phi) is 6.48. The van der Waals surface area contributed by atoms with Crippen LogP contribution in [0.3, 0.4) is 0 Å². The van der Waals surface area contributed by atoms with E-state index in [-0.39, 0.29) is 21.7 Å². The van der Waals surface area contributed by atoms with Crippen LogP contribution in [0.25, 0.3) is 10.9 Å². The van der Waals surface area contributed by atoms with Crippen molar-refractivity contribution in [2.24, 2.45) is 0 Å². The van der Waals surface area contributed by atoms with E-state index in [0.29, 0.717) is 22.7 Å². The number of rotatable bonds is 7. The number of sulfonamides is 1. The Hall–Kier alpha value is -4.31. The second kappa shape index (κ2) is 9.51. The van der Waals surface area contributed by atoms with Crippen LogP contribution in [0.2, 0.25) is 0 Å². The summed E-state index contributed by atoms with van der Waals surface area (Å²) in [5.74, 6) is -0.104. The maximum atomic E-state index is 13.4. The number of hydrogen-bond donors (Lipinski definition) is 3. The molecule has 4 aromatic rings. The number of carbonyl (C=O) groups is 1. The molecule has 9 nitrogen and oxygen atoms in total. The van der Waals surface area contributed by atoms with Gasteiger partial charge in [-0.25, -0.2) is 8.42 Å². The molecule has 3 aromatic carbocycles. The fourth-order valence-electron chi connectivity index (χ4n) is 3.50. The van der Waals surface area contributed by atoms with E-state index in [0.717, 1.165) is 5.56 Å². The van der Waals surface area contributed by atoms with Crippen LogP contribution in [0.4, 0.5) is 11.5 Å². The Morgan fingerprint density at radius 1 is 0.914 bits per heavy atom. The van der Waals surface area contributed by atoms with E-state index in [1.807, 2.05) is 6.92 Å². The van der Waals surface area contributed by atoms with Gasteiger partial charge in [0.15, 0.2) is 0 Å². The highest BCUT2D eigenvalue weighted by Gasteiger charge is 2.24. The molecule has 0 aliphatic rings. The fourth-order valence-corrected chi connectivity index (χ4v) is 4.53. The minimum atomic E-state index is -4.12. The van der Waals surface area contributed by atoms with Crippen molar-refractivity contribution in [2.75, 3.05) is 24.3 Å². The molecule has 0 bridgehead atoms. The van der Waals surface area contributed by atoms with Crippen molar-refractivity contribution < 1.29 is 22.7 Å². The quantitative estimate of drug-likeness (QED) is 0.358. The number of benzene rings is 3. The molecule has 4 rings (SSSR count). The normalized spacial score (nSPS) is 11.2. The topological polar surface area (TPSA) is 127 Å². The average Bonchev–Trinajstić information content (AvgIpc) is 2.83. The summed E-state index contributed by atoms with van der Waals surface area (Å²) in [7, 11) is -1.17. The molecule has 0 aliphatic heterocycles. The van der Waals surface area contributed by atoms with Gasteiger partial charge in [-0.1, -0.05) is 23.8 Å². The van der Waals surface area contributed by atoms with E-state index in [4.69, 9.17) is 9.47 Å². The lowest BCUT2D eigenvalue weighted by Gasteiger charge is -2.15. The Morgan fingerprint density at radius 3 is 2.29 bits per heavy atom. The van der Waals surface area contributed by atoms with Crippen LogP contribution in [0, 0.1) is 6.92 Å². The summed E-state index contributed by atoms with van der Waals surface area (Å²) in [5.41, 5.74) is 0.517. The van der Waals surface area contributed by atoms with Crippen LogP contribution in [-0.2, 0) is 10.0 Å². The van der Waals surface area contributed by atoms with Crippen molar-refractivity contribution in [3.05, 3.63) is 88.1 Å². The number of fused-ring (bicyclic) bond motifs is 1. The number of aromatic amines is 1. The molecule has 0 fully saturated rings. The van der Waals surface area contributed by atoms with Gasteiger partial charge in [-0.2, -0.15) is 0 Å². The van der Waals surface area contributed by atoms with Crippen LogP contribution < -0.4 is 24.9 Å². The molecule has 35 heavy (non-hydrogen) atoms. The summed E-state index contributed by atoms with van der Waals surface area (Å²) in [5, 5.41) is 2.83. The van der Waals surface area contributed by atoms with Crippen LogP contribution >= 0.6 is 0 Å². The van der Waals surface area contributed by atoms with E-state index >= 15 is 0 Å². The summed E-state index contributed by atoms with van der Waals surface area (Å²) in [6, 6.07) is 17.4. The van der Waals surface area contributed by atoms with Gasteiger partial charge in [0.2, 0.25) is 5.43 Å². The summed E-state index contributed by atoms with van der Waals surface area (Å²) < 4.78 is 38.9. The highest BCUT2D eigenvalue weighted by atomic mass is 32.2. The molecule has 1 amide bonds. The molecule has 180 valence electrons. The van der Waals surface area contributed by atoms with Crippen molar-refractivity contribution in [2.45, 2.75) is 11.8 Å². The third-order valence-electron chi connectivity index (χ3n) is 5.33. The van der Waals surface area contributed by atoms with E-state index in [1.165, 1.54) is 32.4 Å². The molecule has 0 aliphatic carbocycles. The van der Waals surface area contributed by atoms with Crippen molar-refractivity contribution >= 4 is 38.3 Å². The van der Waals surface area contributed by atoms with E-state index in [9.17, 15) is 18.0 Å². The van der Waals surface area contributed by atoms with Gasteiger partial charge in [0, 0.05) is 23.2 Å². The number of amides is 1. The summed E-state index contributed by atoms with van der Waals surface area (Å²) >= 11 is 0. The molecule has 1 aromatic heterocycles. The summed E-state index contributed by atoms with van der Waals surface area (Å²) in [4.78, 5) is 29.5. The second-order valence-corrected chi connectivity index (χ2v) is 9.40. The lowest BCUT2D eigenvalue weighted by Crippen LogP contribution is -2.26. The number of carbonyl (C=O) groups excluding carboxylic acids is 1. The highest BCUT2D eigenvalue weighted by Crippen LogP contribution is 2.24. The molecule has 3 N–H and O–H groups in total. The standard InChI is InChI=1S/C25H23N3O6S/c1-15-7-10-19(11-8-15)35(31,32)28-24-22(25(30)26-16-5-4-6-17(13-16)33-2)23(29)20-12-9-18(34-3)14-21(20)27-24/h4-14H,1-3H3,(H,26,30)(H2,27,28,29). The van der Waals surface area contributed by atoms with Gasteiger partial charge < -0.3 is 19.8 Å². The van der Waals surface area contributed by atoms with Crippen molar-refractivity contribution in [3.8, 4) is 11.5 Å². The zero-order chi connectivity index (χ0) is 25.2. The SMILES string of the molecule is COc1cccc(NC(=O)c2c(NS(=O)(=O)c3ccc(C)cc3)[nH]c3cc(OC)ccc3c2=O)c1. The smallest absolute Gasteiger partial charge is 0.263 e. The van der Waals surface area contributed by atoms with Gasteiger partial charge in [-0.05, 0) is 43.3 Å².